The van der Waals surface area contributed by atoms with Crippen LogP contribution in [0.3, 0.4) is 0 Å². The van der Waals surface area contributed by atoms with Crippen LogP contribution in [0.4, 0.5) is 5.69 Å². The van der Waals surface area contributed by atoms with Crippen LogP contribution in [-0.4, -0.2) is 12.5 Å². The van der Waals surface area contributed by atoms with E-state index < -0.39 is 0 Å². The fourth-order valence-corrected chi connectivity index (χ4v) is 2.78. The number of hydrogen-bond acceptors (Lipinski definition) is 1. The van der Waals surface area contributed by atoms with E-state index in [1.807, 2.05) is 29.2 Å². The van der Waals surface area contributed by atoms with Crippen molar-refractivity contribution >= 4 is 23.2 Å². The summed E-state index contributed by atoms with van der Waals surface area (Å²) >= 11 is 6.09. The second-order valence-corrected chi connectivity index (χ2v) is 4.84. The van der Waals surface area contributed by atoms with Crippen molar-refractivity contribution in [3.8, 4) is 0 Å². The Balaban J connectivity index is 1.94. The van der Waals surface area contributed by atoms with Crippen molar-refractivity contribution in [3.05, 3.63) is 29.3 Å². The molecule has 3 heteroatoms. The number of carbonyl (C=O) groups is 1. The number of hydrogen-bond donors (Lipinski definition) is 0. The fourth-order valence-electron chi connectivity index (χ4n) is 2.54. The molecule has 3 fully saturated rings. The summed E-state index contributed by atoms with van der Waals surface area (Å²) in [5, 5.41) is 0.673. The van der Waals surface area contributed by atoms with E-state index in [0.717, 1.165) is 25.1 Å². The minimum Gasteiger partial charge on any atom is -0.310 e. The third kappa shape index (κ3) is 1.36. The molecule has 2 bridgehead atoms. The number of anilines is 1. The Labute approximate surface area is 93.8 Å². The van der Waals surface area contributed by atoms with Gasteiger partial charge in [-0.15, -0.1) is 0 Å². The van der Waals surface area contributed by atoms with Crippen LogP contribution in [0.5, 0.6) is 0 Å². The van der Waals surface area contributed by atoms with E-state index >= 15 is 0 Å². The van der Waals surface area contributed by atoms with E-state index in [4.69, 9.17) is 11.6 Å². The molecule has 0 radical (unpaired) electrons. The summed E-state index contributed by atoms with van der Waals surface area (Å²) in [6.07, 6.45) is 2.17. The summed E-state index contributed by atoms with van der Waals surface area (Å²) in [5.41, 5.74) is 0.874. The summed E-state index contributed by atoms with van der Waals surface area (Å²) < 4.78 is 0. The smallest absolute Gasteiger partial charge is 0.230 e. The lowest BCUT2D eigenvalue weighted by Gasteiger charge is -2.46. The van der Waals surface area contributed by atoms with Crippen molar-refractivity contribution in [2.45, 2.75) is 12.8 Å². The maximum atomic E-state index is 12.0. The van der Waals surface area contributed by atoms with Crippen molar-refractivity contribution in [2.75, 3.05) is 11.4 Å². The van der Waals surface area contributed by atoms with E-state index in [9.17, 15) is 4.79 Å². The van der Waals surface area contributed by atoms with E-state index in [1.54, 1.807) is 0 Å². The molecule has 2 saturated heterocycles. The molecule has 2 aliphatic heterocycles. The molecule has 1 aromatic carbocycles. The van der Waals surface area contributed by atoms with Crippen LogP contribution in [-0.2, 0) is 4.79 Å². The molecule has 1 saturated carbocycles. The number of nitrogens with zero attached hydrogens (tertiary/aromatic N) is 1. The Kier molecular flexibility index (Phi) is 1.99. The van der Waals surface area contributed by atoms with Gasteiger partial charge < -0.3 is 4.90 Å². The molecule has 1 aromatic rings. The highest BCUT2D eigenvalue weighted by atomic mass is 35.5. The minimum atomic E-state index is 0.255. The predicted molar refractivity (Wildman–Crippen MR) is 60.0 cm³/mol. The van der Waals surface area contributed by atoms with Crippen LogP contribution in [0.25, 0.3) is 0 Å². The van der Waals surface area contributed by atoms with Gasteiger partial charge in [0.05, 0.1) is 10.7 Å². The molecular weight excluding hydrogens is 210 g/mol. The van der Waals surface area contributed by atoms with Crippen LogP contribution >= 0.6 is 11.6 Å². The third-order valence-electron chi connectivity index (χ3n) is 3.43. The lowest BCUT2D eigenvalue weighted by molar-refractivity contribution is -0.129. The van der Waals surface area contributed by atoms with Crippen LogP contribution in [0.1, 0.15) is 12.8 Å². The van der Waals surface area contributed by atoms with Gasteiger partial charge in [-0.2, -0.15) is 0 Å². The average Bonchev–Trinajstić information content (AvgIpc) is 2.17. The molecule has 0 unspecified atom stereocenters. The number of halogens is 1. The first-order valence-electron chi connectivity index (χ1n) is 5.31. The average molecular weight is 222 g/mol. The van der Waals surface area contributed by atoms with Gasteiger partial charge in [-0.3, -0.25) is 4.79 Å². The fraction of sp³-hybridized carbons (Fsp3) is 0.417. The number of rotatable bonds is 1. The Morgan fingerprint density at radius 3 is 2.67 bits per heavy atom. The Hall–Kier alpha value is -1.02. The molecule has 3 aliphatic rings. The van der Waals surface area contributed by atoms with Gasteiger partial charge in [0.25, 0.3) is 0 Å². The summed E-state index contributed by atoms with van der Waals surface area (Å²) in [4.78, 5) is 13.8. The van der Waals surface area contributed by atoms with Crippen LogP contribution in [0.15, 0.2) is 24.3 Å². The topological polar surface area (TPSA) is 20.3 Å². The molecule has 2 nitrogen and oxygen atoms in total. The maximum absolute atomic E-state index is 12.0. The van der Waals surface area contributed by atoms with Crippen molar-refractivity contribution in [2.24, 2.45) is 11.8 Å². The maximum Gasteiger partial charge on any atom is 0.230 e. The highest BCUT2D eigenvalue weighted by molar-refractivity contribution is 6.33. The second kappa shape index (κ2) is 3.24. The highest BCUT2D eigenvalue weighted by Gasteiger charge is 2.44. The van der Waals surface area contributed by atoms with E-state index in [1.165, 1.54) is 0 Å². The summed E-state index contributed by atoms with van der Waals surface area (Å²) in [6.45, 7) is 0.846. The predicted octanol–water partition coefficient (Wildman–Crippen LogP) is 2.71. The monoisotopic (exact) mass is 221 g/mol. The molecule has 2 heterocycles. The van der Waals surface area contributed by atoms with Gasteiger partial charge in [0.1, 0.15) is 0 Å². The zero-order chi connectivity index (χ0) is 10.4. The van der Waals surface area contributed by atoms with E-state index in [2.05, 4.69) is 0 Å². The van der Waals surface area contributed by atoms with Gasteiger partial charge in [0, 0.05) is 12.5 Å². The van der Waals surface area contributed by atoms with Crippen molar-refractivity contribution in [3.63, 3.8) is 0 Å². The van der Waals surface area contributed by atoms with Gasteiger partial charge in [0.2, 0.25) is 5.91 Å². The molecule has 0 aromatic heterocycles. The minimum absolute atomic E-state index is 0.255. The first kappa shape index (κ1) is 9.22. The molecule has 0 atom stereocenters. The quantitative estimate of drug-likeness (QED) is 0.714. The lowest BCUT2D eigenvalue weighted by atomic mass is 9.70. The van der Waals surface area contributed by atoms with Crippen LogP contribution in [0, 0.1) is 11.8 Å². The Morgan fingerprint density at radius 2 is 2.00 bits per heavy atom. The molecule has 15 heavy (non-hydrogen) atoms. The molecular formula is C12H12ClNO. The highest BCUT2D eigenvalue weighted by Crippen LogP contribution is 2.43. The number of fused-ring (bicyclic) bond motifs is 2. The first-order chi connectivity index (χ1) is 7.25. The molecule has 1 aliphatic carbocycles. The summed E-state index contributed by atoms with van der Waals surface area (Å²) in [7, 11) is 0. The van der Waals surface area contributed by atoms with Gasteiger partial charge >= 0.3 is 0 Å². The number of carbonyl (C=O) groups excluding carboxylic acids is 1. The SMILES string of the molecule is O=C1C2CC(C2)CN1c1ccccc1Cl. The molecule has 4 rings (SSSR count). The zero-order valence-electron chi connectivity index (χ0n) is 8.32. The number of para-hydroxylation sites is 1. The van der Waals surface area contributed by atoms with E-state index in [-0.39, 0.29) is 11.8 Å². The van der Waals surface area contributed by atoms with Crippen molar-refractivity contribution in [1.29, 1.82) is 0 Å². The second-order valence-electron chi connectivity index (χ2n) is 4.43. The Morgan fingerprint density at radius 1 is 1.27 bits per heavy atom. The van der Waals surface area contributed by atoms with Crippen molar-refractivity contribution in [1.82, 2.24) is 0 Å². The zero-order valence-corrected chi connectivity index (χ0v) is 9.07. The van der Waals surface area contributed by atoms with Crippen molar-refractivity contribution < 1.29 is 4.79 Å². The normalized spacial score (nSPS) is 28.9. The van der Waals surface area contributed by atoms with Gasteiger partial charge in [-0.25, -0.2) is 0 Å². The first-order valence-corrected chi connectivity index (χ1v) is 5.69. The van der Waals surface area contributed by atoms with E-state index in [0.29, 0.717) is 10.9 Å². The van der Waals surface area contributed by atoms with Gasteiger partial charge in [-0.1, -0.05) is 23.7 Å². The molecule has 1 amide bonds. The third-order valence-corrected chi connectivity index (χ3v) is 3.75. The molecule has 0 spiro atoms. The largest absolute Gasteiger partial charge is 0.310 e. The van der Waals surface area contributed by atoms with Gasteiger partial charge in [0.15, 0.2) is 0 Å². The van der Waals surface area contributed by atoms with Gasteiger partial charge in [-0.05, 0) is 30.9 Å². The number of benzene rings is 1. The standard InChI is InChI=1S/C12H12ClNO/c13-10-3-1-2-4-11(10)14-7-8-5-9(6-8)12(14)15/h1-4,8-9H,5-7H2. The lowest BCUT2D eigenvalue weighted by Crippen LogP contribution is -2.53. The van der Waals surface area contributed by atoms with Crippen LogP contribution < -0.4 is 4.90 Å². The number of piperidine rings is 2. The molecule has 0 N–H and O–H groups in total. The molecule has 78 valence electrons. The summed E-state index contributed by atoms with van der Waals surface area (Å²) in [6, 6.07) is 7.57. The summed E-state index contributed by atoms with van der Waals surface area (Å²) in [5.74, 6) is 1.22. The van der Waals surface area contributed by atoms with Crippen LogP contribution in [0.2, 0.25) is 5.02 Å². The Bertz CT molecular complexity index is 412. The number of amides is 1.